The minimum absolute atomic E-state index is 0.397. The Morgan fingerprint density at radius 2 is 2.25 bits per heavy atom. The maximum Gasteiger partial charge on any atom is 0.510 e. The maximum absolute atomic E-state index is 11.3. The Hall–Kier alpha value is -1.89. The van der Waals surface area contributed by atoms with Crippen molar-refractivity contribution < 1.29 is 18.7 Å². The highest BCUT2D eigenvalue weighted by atomic mass is 16.7. The second-order valence-electron chi connectivity index (χ2n) is 4.14. The van der Waals surface area contributed by atoms with Crippen LogP contribution in [0.5, 0.6) is 0 Å². The molecule has 0 aromatic carbocycles. The SMILES string of the molecule is C#CC(OC(=O)OC(C)(C)C)c1ccco1. The van der Waals surface area contributed by atoms with Crippen LogP contribution >= 0.6 is 0 Å². The highest BCUT2D eigenvalue weighted by Crippen LogP contribution is 2.19. The summed E-state index contributed by atoms with van der Waals surface area (Å²) in [6.45, 7) is 5.23. The van der Waals surface area contributed by atoms with E-state index in [4.69, 9.17) is 20.3 Å². The predicted octanol–water partition coefficient (Wildman–Crippen LogP) is 2.91. The highest BCUT2D eigenvalue weighted by Gasteiger charge is 2.22. The van der Waals surface area contributed by atoms with E-state index in [0.29, 0.717) is 5.76 Å². The lowest BCUT2D eigenvalue weighted by atomic mass is 10.2. The fourth-order valence-corrected chi connectivity index (χ4v) is 0.985. The molecular weight excluding hydrogens is 208 g/mol. The summed E-state index contributed by atoms with van der Waals surface area (Å²) in [4.78, 5) is 11.3. The third-order valence-corrected chi connectivity index (χ3v) is 1.56. The standard InChI is InChI=1S/C12H14O4/c1-5-9(10-7-6-8-14-10)15-11(13)16-12(2,3)4/h1,6-9H,2-4H3. The van der Waals surface area contributed by atoms with Crippen molar-refractivity contribution in [1.82, 2.24) is 0 Å². The second kappa shape index (κ2) is 4.75. The van der Waals surface area contributed by atoms with E-state index in [1.54, 1.807) is 32.9 Å². The molecule has 1 aromatic heterocycles. The zero-order chi connectivity index (χ0) is 12.2. The van der Waals surface area contributed by atoms with Crippen LogP contribution in [0.4, 0.5) is 4.79 Å². The topological polar surface area (TPSA) is 48.7 Å². The fraction of sp³-hybridized carbons (Fsp3) is 0.417. The summed E-state index contributed by atoms with van der Waals surface area (Å²) >= 11 is 0. The molecule has 0 N–H and O–H groups in total. The highest BCUT2D eigenvalue weighted by molar-refractivity contribution is 5.61. The zero-order valence-corrected chi connectivity index (χ0v) is 9.52. The smallest absolute Gasteiger partial charge is 0.464 e. The Kier molecular flexibility index (Phi) is 3.62. The molecule has 0 radical (unpaired) electrons. The van der Waals surface area contributed by atoms with Gasteiger partial charge in [0.15, 0.2) is 5.76 Å². The van der Waals surface area contributed by atoms with Crippen molar-refractivity contribution in [2.45, 2.75) is 32.5 Å². The number of carbonyl (C=O) groups excluding carboxylic acids is 1. The van der Waals surface area contributed by atoms with Gasteiger partial charge in [0.25, 0.3) is 0 Å². The van der Waals surface area contributed by atoms with Crippen LogP contribution in [0, 0.1) is 12.3 Å². The quantitative estimate of drug-likeness (QED) is 0.570. The number of terminal acetylenes is 1. The minimum Gasteiger partial charge on any atom is -0.464 e. The Balaban J connectivity index is 2.59. The van der Waals surface area contributed by atoms with E-state index in [1.807, 2.05) is 0 Å². The average Bonchev–Trinajstić information content (AvgIpc) is 2.63. The van der Waals surface area contributed by atoms with Crippen LogP contribution in [0.3, 0.4) is 0 Å². The molecule has 0 bridgehead atoms. The molecule has 1 aromatic rings. The Morgan fingerprint density at radius 1 is 1.56 bits per heavy atom. The van der Waals surface area contributed by atoms with Crippen LogP contribution in [0.15, 0.2) is 22.8 Å². The van der Waals surface area contributed by atoms with Gasteiger partial charge in [0, 0.05) is 0 Å². The molecule has 4 heteroatoms. The van der Waals surface area contributed by atoms with Crippen LogP contribution in [-0.2, 0) is 9.47 Å². The van der Waals surface area contributed by atoms with E-state index in [0.717, 1.165) is 0 Å². The molecule has 0 fully saturated rings. The molecule has 1 rings (SSSR count). The molecule has 1 heterocycles. The molecule has 0 aliphatic heterocycles. The van der Waals surface area contributed by atoms with E-state index in [9.17, 15) is 4.79 Å². The molecule has 4 nitrogen and oxygen atoms in total. The van der Waals surface area contributed by atoms with E-state index < -0.39 is 17.9 Å². The molecule has 0 amide bonds. The first-order valence-corrected chi connectivity index (χ1v) is 4.81. The maximum atomic E-state index is 11.3. The zero-order valence-electron chi connectivity index (χ0n) is 9.52. The van der Waals surface area contributed by atoms with E-state index in [1.165, 1.54) is 6.26 Å². The molecule has 0 saturated carbocycles. The third kappa shape index (κ3) is 3.70. The first-order chi connectivity index (χ1) is 7.42. The van der Waals surface area contributed by atoms with Gasteiger partial charge in [-0.25, -0.2) is 4.79 Å². The molecule has 0 aliphatic carbocycles. The summed E-state index contributed by atoms with van der Waals surface area (Å²) in [5.41, 5.74) is -0.612. The average molecular weight is 222 g/mol. The van der Waals surface area contributed by atoms with Crippen LogP contribution in [0.25, 0.3) is 0 Å². The third-order valence-electron chi connectivity index (χ3n) is 1.56. The molecule has 1 unspecified atom stereocenters. The van der Waals surface area contributed by atoms with Gasteiger partial charge in [-0.05, 0) is 32.9 Å². The number of hydrogen-bond donors (Lipinski definition) is 0. The molecule has 1 atom stereocenters. The van der Waals surface area contributed by atoms with Gasteiger partial charge in [0.1, 0.15) is 5.60 Å². The molecular formula is C12H14O4. The molecule has 0 spiro atoms. The van der Waals surface area contributed by atoms with Crippen molar-refractivity contribution in [1.29, 1.82) is 0 Å². The fourth-order valence-electron chi connectivity index (χ4n) is 0.985. The Bertz CT molecular complexity index is 378. The van der Waals surface area contributed by atoms with Gasteiger partial charge in [-0.3, -0.25) is 0 Å². The number of ether oxygens (including phenoxy) is 2. The van der Waals surface area contributed by atoms with Crippen LogP contribution in [-0.4, -0.2) is 11.8 Å². The van der Waals surface area contributed by atoms with Crippen molar-refractivity contribution in [2.75, 3.05) is 0 Å². The summed E-state index contributed by atoms with van der Waals surface area (Å²) in [5, 5.41) is 0. The first kappa shape index (κ1) is 12.2. The van der Waals surface area contributed by atoms with Crippen molar-refractivity contribution >= 4 is 6.16 Å². The van der Waals surface area contributed by atoms with Gasteiger partial charge in [-0.15, -0.1) is 6.42 Å². The lowest BCUT2D eigenvalue weighted by Crippen LogP contribution is -2.25. The lowest BCUT2D eigenvalue weighted by Gasteiger charge is -2.20. The van der Waals surface area contributed by atoms with Crippen LogP contribution in [0.2, 0.25) is 0 Å². The van der Waals surface area contributed by atoms with E-state index in [2.05, 4.69) is 5.92 Å². The van der Waals surface area contributed by atoms with Gasteiger partial charge in [-0.1, -0.05) is 5.92 Å². The second-order valence-corrected chi connectivity index (χ2v) is 4.14. The lowest BCUT2D eigenvalue weighted by molar-refractivity contribution is -0.0203. The minimum atomic E-state index is -0.857. The number of furan rings is 1. The summed E-state index contributed by atoms with van der Waals surface area (Å²) in [7, 11) is 0. The number of rotatable bonds is 2. The molecule has 0 aliphatic rings. The molecule has 16 heavy (non-hydrogen) atoms. The Morgan fingerprint density at radius 3 is 2.69 bits per heavy atom. The normalized spacial score (nSPS) is 12.6. The van der Waals surface area contributed by atoms with Gasteiger partial charge in [-0.2, -0.15) is 0 Å². The molecule has 0 saturated heterocycles. The number of hydrogen-bond acceptors (Lipinski definition) is 4. The van der Waals surface area contributed by atoms with Crippen LogP contribution < -0.4 is 0 Å². The van der Waals surface area contributed by atoms with Crippen molar-refractivity contribution in [3.05, 3.63) is 24.2 Å². The number of carbonyl (C=O) groups is 1. The van der Waals surface area contributed by atoms with Crippen molar-refractivity contribution in [3.63, 3.8) is 0 Å². The summed E-state index contributed by atoms with van der Waals surface area (Å²) in [5.74, 6) is 2.70. The summed E-state index contributed by atoms with van der Waals surface area (Å²) < 4.78 is 14.9. The largest absolute Gasteiger partial charge is 0.510 e. The summed E-state index contributed by atoms with van der Waals surface area (Å²) in [6, 6.07) is 3.30. The molecule has 86 valence electrons. The van der Waals surface area contributed by atoms with Gasteiger partial charge in [0.2, 0.25) is 6.10 Å². The van der Waals surface area contributed by atoms with Gasteiger partial charge < -0.3 is 13.9 Å². The predicted molar refractivity (Wildman–Crippen MR) is 57.6 cm³/mol. The summed E-state index contributed by atoms with van der Waals surface area (Å²) in [6.07, 6.45) is 5.02. The van der Waals surface area contributed by atoms with Gasteiger partial charge in [0.05, 0.1) is 6.26 Å². The Labute approximate surface area is 94.5 Å². The van der Waals surface area contributed by atoms with E-state index >= 15 is 0 Å². The first-order valence-electron chi connectivity index (χ1n) is 4.81. The monoisotopic (exact) mass is 222 g/mol. The van der Waals surface area contributed by atoms with Crippen molar-refractivity contribution in [2.24, 2.45) is 0 Å². The van der Waals surface area contributed by atoms with Gasteiger partial charge >= 0.3 is 6.16 Å². The van der Waals surface area contributed by atoms with E-state index in [-0.39, 0.29) is 0 Å². The van der Waals surface area contributed by atoms with Crippen molar-refractivity contribution in [3.8, 4) is 12.3 Å². The van der Waals surface area contributed by atoms with Crippen LogP contribution in [0.1, 0.15) is 32.6 Å².